The second-order valence-electron chi connectivity index (χ2n) is 5.27. The van der Waals surface area contributed by atoms with Crippen molar-refractivity contribution in [2.24, 2.45) is 11.7 Å². The Morgan fingerprint density at radius 3 is 2.45 bits per heavy atom. The predicted octanol–water partition coefficient (Wildman–Crippen LogP) is 1.50. The third-order valence-electron chi connectivity index (χ3n) is 3.01. The minimum absolute atomic E-state index is 0. The van der Waals surface area contributed by atoms with Gasteiger partial charge in [0.25, 0.3) is 0 Å². The molecule has 0 saturated carbocycles. The molecule has 114 valence electrons. The molecule has 5 heteroatoms. The van der Waals surface area contributed by atoms with Crippen molar-refractivity contribution in [1.29, 1.82) is 0 Å². The van der Waals surface area contributed by atoms with Crippen molar-refractivity contribution in [2.75, 3.05) is 6.54 Å². The second kappa shape index (κ2) is 9.75. The Bertz CT molecular complexity index is 385. The Hall–Kier alpha value is -1.10. The molecule has 4 N–H and O–H groups in total. The van der Waals surface area contributed by atoms with Crippen LogP contribution in [0, 0.1) is 5.92 Å². The maximum absolute atomic E-state index is 11.7. The molecule has 0 saturated heterocycles. The number of carbonyl (C=O) groups excluding carboxylic acids is 1. The number of carbonyl (C=O) groups is 1. The average molecular weight is 301 g/mol. The molecule has 1 aromatic rings. The first-order valence-electron chi connectivity index (χ1n) is 6.76. The van der Waals surface area contributed by atoms with Crippen molar-refractivity contribution in [3.8, 4) is 0 Å². The van der Waals surface area contributed by atoms with Gasteiger partial charge in [-0.1, -0.05) is 44.2 Å². The highest BCUT2D eigenvalue weighted by atomic mass is 35.5. The minimum Gasteiger partial charge on any atom is -0.382 e. The summed E-state index contributed by atoms with van der Waals surface area (Å²) in [6.07, 6.45) is 0.221. The topological polar surface area (TPSA) is 75.3 Å². The first kappa shape index (κ1) is 18.9. The van der Waals surface area contributed by atoms with Crippen molar-refractivity contribution < 1.29 is 9.90 Å². The molecule has 20 heavy (non-hydrogen) atoms. The van der Waals surface area contributed by atoms with Gasteiger partial charge in [-0.2, -0.15) is 0 Å². The number of nitrogens with two attached hydrogens (primary N) is 1. The number of amides is 1. The van der Waals surface area contributed by atoms with Gasteiger partial charge in [0.05, 0.1) is 0 Å². The molecule has 4 nitrogen and oxygen atoms in total. The van der Waals surface area contributed by atoms with Crippen molar-refractivity contribution in [3.63, 3.8) is 0 Å². The number of aliphatic hydroxyl groups excluding tert-OH is 1. The molecular formula is C15H25ClN2O2. The van der Waals surface area contributed by atoms with Crippen LogP contribution in [-0.2, 0) is 11.2 Å². The van der Waals surface area contributed by atoms with Gasteiger partial charge >= 0.3 is 0 Å². The number of benzene rings is 1. The molecule has 0 fully saturated rings. The van der Waals surface area contributed by atoms with E-state index in [4.69, 9.17) is 5.73 Å². The predicted molar refractivity (Wildman–Crippen MR) is 83.8 cm³/mol. The molecule has 0 aromatic heterocycles. The molecule has 0 radical (unpaired) electrons. The van der Waals surface area contributed by atoms with Gasteiger partial charge in [0.15, 0.2) is 0 Å². The summed E-state index contributed by atoms with van der Waals surface area (Å²) in [6.45, 7) is 4.75. The molecule has 1 rings (SSSR count). The number of nitrogens with one attached hydrogen (secondary N) is 1. The van der Waals surface area contributed by atoms with E-state index in [1.807, 2.05) is 30.3 Å². The summed E-state index contributed by atoms with van der Waals surface area (Å²) in [5.41, 5.74) is 6.89. The fourth-order valence-electron chi connectivity index (χ4n) is 1.78. The standard InChI is InChI=1S/C15H24N2O2.ClH/c1-11(2)8-9-17-15(19)14(18)13(16)10-12-6-4-3-5-7-12;/h3-7,11,13-14,18H,8-10,16H2,1-2H3,(H,17,19);1H/t13-,14+;/m1./s1. The zero-order chi connectivity index (χ0) is 14.3. The van der Waals surface area contributed by atoms with Gasteiger partial charge < -0.3 is 16.2 Å². The minimum atomic E-state index is -1.16. The summed E-state index contributed by atoms with van der Waals surface area (Å²) in [6, 6.07) is 9.03. The van der Waals surface area contributed by atoms with E-state index in [1.54, 1.807) is 0 Å². The monoisotopic (exact) mass is 300 g/mol. The molecule has 0 spiro atoms. The maximum Gasteiger partial charge on any atom is 0.250 e. The lowest BCUT2D eigenvalue weighted by Gasteiger charge is -2.18. The van der Waals surface area contributed by atoms with E-state index in [1.165, 1.54) is 0 Å². The molecule has 0 unspecified atom stereocenters. The second-order valence-corrected chi connectivity index (χ2v) is 5.27. The van der Waals surface area contributed by atoms with E-state index in [0.29, 0.717) is 18.9 Å². The summed E-state index contributed by atoms with van der Waals surface area (Å²) in [7, 11) is 0. The van der Waals surface area contributed by atoms with E-state index >= 15 is 0 Å². The smallest absolute Gasteiger partial charge is 0.250 e. The SMILES string of the molecule is CC(C)CCNC(=O)[C@@H](O)[C@H](N)Cc1ccccc1.Cl. The van der Waals surface area contributed by atoms with Crippen LogP contribution in [0.2, 0.25) is 0 Å². The first-order chi connectivity index (χ1) is 9.00. The number of hydrogen-bond donors (Lipinski definition) is 3. The zero-order valence-corrected chi connectivity index (χ0v) is 12.9. The van der Waals surface area contributed by atoms with Crippen LogP contribution in [0.1, 0.15) is 25.8 Å². The summed E-state index contributed by atoms with van der Waals surface area (Å²) in [5, 5.41) is 12.6. The van der Waals surface area contributed by atoms with E-state index in [0.717, 1.165) is 12.0 Å². The van der Waals surface area contributed by atoms with Crippen molar-refractivity contribution in [2.45, 2.75) is 38.8 Å². The van der Waals surface area contributed by atoms with Gasteiger partial charge in [0.2, 0.25) is 5.91 Å². The summed E-state index contributed by atoms with van der Waals surface area (Å²) in [5.74, 6) is 0.138. The van der Waals surface area contributed by atoms with Crippen LogP contribution in [0.3, 0.4) is 0 Å². The number of rotatable bonds is 7. The van der Waals surface area contributed by atoms with Crippen LogP contribution in [0.4, 0.5) is 0 Å². The Labute approximate surface area is 127 Å². The van der Waals surface area contributed by atoms with Crippen LogP contribution in [-0.4, -0.2) is 29.7 Å². The number of aliphatic hydroxyl groups is 1. The molecule has 0 aliphatic carbocycles. The van der Waals surface area contributed by atoms with Crippen LogP contribution in [0.15, 0.2) is 30.3 Å². The van der Waals surface area contributed by atoms with E-state index in [9.17, 15) is 9.90 Å². The highest BCUT2D eigenvalue weighted by molar-refractivity contribution is 5.85. The molecule has 0 aliphatic rings. The highest BCUT2D eigenvalue weighted by Crippen LogP contribution is 2.05. The Morgan fingerprint density at radius 2 is 1.90 bits per heavy atom. The van der Waals surface area contributed by atoms with Crippen molar-refractivity contribution in [3.05, 3.63) is 35.9 Å². The average Bonchev–Trinajstić information content (AvgIpc) is 2.38. The van der Waals surface area contributed by atoms with Gasteiger partial charge in [-0.25, -0.2) is 0 Å². The normalized spacial score (nSPS) is 13.4. The van der Waals surface area contributed by atoms with Gasteiger partial charge in [-0.05, 0) is 24.3 Å². The molecule has 1 amide bonds. The van der Waals surface area contributed by atoms with Crippen LogP contribution in [0.25, 0.3) is 0 Å². The number of hydrogen-bond acceptors (Lipinski definition) is 3. The van der Waals surface area contributed by atoms with Crippen LogP contribution >= 0.6 is 12.4 Å². The Balaban J connectivity index is 0.00000361. The lowest BCUT2D eigenvalue weighted by molar-refractivity contribution is -0.130. The Morgan fingerprint density at radius 1 is 1.30 bits per heavy atom. The molecular weight excluding hydrogens is 276 g/mol. The largest absolute Gasteiger partial charge is 0.382 e. The maximum atomic E-state index is 11.7. The molecule has 2 atom stereocenters. The Kier molecular flexibility index (Phi) is 9.21. The van der Waals surface area contributed by atoms with Crippen molar-refractivity contribution >= 4 is 18.3 Å². The summed E-state index contributed by atoms with van der Waals surface area (Å²) >= 11 is 0. The third kappa shape index (κ3) is 6.89. The molecule has 0 bridgehead atoms. The van der Waals surface area contributed by atoms with Gasteiger partial charge in [0.1, 0.15) is 6.10 Å². The van der Waals surface area contributed by atoms with Crippen molar-refractivity contribution in [1.82, 2.24) is 5.32 Å². The number of halogens is 1. The lowest BCUT2D eigenvalue weighted by atomic mass is 10.0. The summed E-state index contributed by atoms with van der Waals surface area (Å²) < 4.78 is 0. The molecule has 0 heterocycles. The molecule has 1 aromatic carbocycles. The van der Waals surface area contributed by atoms with Gasteiger partial charge in [0, 0.05) is 12.6 Å². The highest BCUT2D eigenvalue weighted by Gasteiger charge is 2.22. The molecule has 0 aliphatic heterocycles. The quantitative estimate of drug-likeness (QED) is 0.714. The van der Waals surface area contributed by atoms with Gasteiger partial charge in [-0.3, -0.25) is 4.79 Å². The fourth-order valence-corrected chi connectivity index (χ4v) is 1.78. The van der Waals surface area contributed by atoms with Gasteiger partial charge in [-0.15, -0.1) is 12.4 Å². The third-order valence-corrected chi connectivity index (χ3v) is 3.01. The lowest BCUT2D eigenvalue weighted by Crippen LogP contribution is -2.47. The van der Waals surface area contributed by atoms with E-state index in [2.05, 4.69) is 19.2 Å². The summed E-state index contributed by atoms with van der Waals surface area (Å²) in [4.78, 5) is 11.7. The van der Waals surface area contributed by atoms with E-state index in [-0.39, 0.29) is 18.3 Å². The first-order valence-corrected chi connectivity index (χ1v) is 6.76. The zero-order valence-electron chi connectivity index (χ0n) is 12.1. The van der Waals surface area contributed by atoms with Crippen LogP contribution in [0.5, 0.6) is 0 Å². The fraction of sp³-hybridized carbons (Fsp3) is 0.533. The van der Waals surface area contributed by atoms with E-state index < -0.39 is 12.1 Å². The van der Waals surface area contributed by atoms with Crippen LogP contribution < -0.4 is 11.1 Å².